The average Bonchev–Trinajstić information content (AvgIpc) is 1.46. The minimum Gasteiger partial charge on any atom is -0.460 e. The van der Waals surface area contributed by atoms with Crippen LogP contribution in [0.5, 0.6) is 0 Å². The van der Waals surface area contributed by atoms with E-state index in [4.69, 9.17) is 10.5 Å². The maximum Gasteiger partial charge on any atom is 0.307 e. The van der Waals surface area contributed by atoms with E-state index in [1.54, 1.807) is 30.6 Å². The Labute approximate surface area is 522 Å². The number of sulfonamides is 2. The lowest BCUT2D eigenvalue weighted by atomic mass is 9.73. The fraction of sp³-hybridized carbons (Fsp3) is 0.897. The van der Waals surface area contributed by atoms with Crippen LogP contribution in [0.15, 0.2) is 0 Å². The summed E-state index contributed by atoms with van der Waals surface area (Å²) in [5.74, 6) is -3.07. The summed E-state index contributed by atoms with van der Waals surface area (Å²) in [5.41, 5.74) is 2.57. The summed E-state index contributed by atoms with van der Waals surface area (Å²) < 4.78 is 62.0. The molecule has 0 aromatic carbocycles. The van der Waals surface area contributed by atoms with Gasteiger partial charge in [-0.25, -0.2) is 16.8 Å². The maximum absolute atomic E-state index is 14.7. The van der Waals surface area contributed by atoms with Crippen LogP contribution in [0.25, 0.3) is 0 Å². The number of ketones is 2. The second-order valence-electron chi connectivity index (χ2n) is 34.2. The van der Waals surface area contributed by atoms with Gasteiger partial charge in [0.05, 0.1) is 50.8 Å². The van der Waals surface area contributed by atoms with Crippen LogP contribution in [0.3, 0.4) is 0 Å². The number of nitrogens with one attached hydrogen (secondary N) is 2. The van der Waals surface area contributed by atoms with Crippen LogP contribution in [-0.4, -0.2) is 114 Å². The van der Waals surface area contributed by atoms with Gasteiger partial charge in [-0.1, -0.05) is 135 Å². The topological polar surface area (TPSA) is 254 Å². The molecule has 10 atom stereocenters. The number of carbonyl (C=O) groups is 7. The highest BCUT2D eigenvalue weighted by Crippen LogP contribution is 2.89. The van der Waals surface area contributed by atoms with Crippen LogP contribution >= 0.6 is 0 Å². The summed E-state index contributed by atoms with van der Waals surface area (Å²) in [4.78, 5) is 101. The number of amides is 4. The fourth-order valence-electron chi connectivity index (χ4n) is 19.3. The zero-order valence-electron chi connectivity index (χ0n) is 56.3. The van der Waals surface area contributed by atoms with E-state index in [0.717, 1.165) is 38.5 Å². The van der Waals surface area contributed by atoms with Crippen LogP contribution < -0.4 is 15.2 Å². The van der Waals surface area contributed by atoms with Crippen molar-refractivity contribution in [1.29, 1.82) is 0 Å². The van der Waals surface area contributed by atoms with Gasteiger partial charge in [-0.3, -0.25) is 43.0 Å². The number of nitrogens with two attached hydrogens (primary N) is 1. The number of hydrogen-bond acceptors (Lipinski definition) is 13. The van der Waals surface area contributed by atoms with Crippen LogP contribution in [0.4, 0.5) is 0 Å². The molecule has 8 aliphatic carbocycles. The van der Waals surface area contributed by atoms with E-state index >= 15 is 0 Å². The fourth-order valence-corrected chi connectivity index (χ4v) is 22.8. The molecule has 2 saturated heterocycles. The van der Waals surface area contributed by atoms with Crippen molar-refractivity contribution in [2.75, 3.05) is 13.1 Å². The number of ether oxygens (including phenoxy) is 1. The Morgan fingerprint density at radius 1 is 0.540 bits per heavy atom. The lowest BCUT2D eigenvalue weighted by molar-refractivity contribution is -0.161. The minimum atomic E-state index is -3.87. The first kappa shape index (κ1) is 67.9. The second kappa shape index (κ2) is 21.6. The van der Waals surface area contributed by atoms with E-state index in [2.05, 4.69) is 37.1 Å². The van der Waals surface area contributed by atoms with Crippen LogP contribution in [0, 0.1) is 71.9 Å². The smallest absolute Gasteiger partial charge is 0.307 e. The van der Waals surface area contributed by atoms with Crippen LogP contribution in [-0.2, 0) is 58.3 Å². The van der Waals surface area contributed by atoms with Gasteiger partial charge in [0.2, 0.25) is 43.7 Å². The van der Waals surface area contributed by atoms with Crippen molar-refractivity contribution in [1.82, 2.24) is 19.2 Å². The predicted octanol–water partition coefficient (Wildman–Crippen LogP) is 10.6. The molecule has 10 fully saturated rings. The summed E-state index contributed by atoms with van der Waals surface area (Å²) in [7, 11) is -7.69. The van der Waals surface area contributed by atoms with E-state index in [-0.39, 0.29) is 87.0 Å². The molecule has 0 radical (unpaired) electrons. The number of likely N-dealkylation sites (tertiary alicyclic amines) is 2. The Balaban J connectivity index is 0.000000210. The molecule has 0 aromatic rings. The van der Waals surface area contributed by atoms with Gasteiger partial charge >= 0.3 is 5.97 Å². The van der Waals surface area contributed by atoms with E-state index in [9.17, 15) is 50.4 Å². The first-order chi connectivity index (χ1) is 39.9. The Morgan fingerprint density at radius 3 is 1.17 bits per heavy atom. The van der Waals surface area contributed by atoms with Gasteiger partial charge in [0.25, 0.3) is 0 Å². The van der Waals surface area contributed by atoms with Crippen molar-refractivity contribution < 1.29 is 55.1 Å². The number of nitrogens with zero attached hydrogens (tertiary/aromatic N) is 2. The van der Waals surface area contributed by atoms with Gasteiger partial charge in [0.15, 0.2) is 11.6 Å². The Morgan fingerprint density at radius 2 is 0.908 bits per heavy atom. The first-order valence-electron chi connectivity index (χ1n) is 33.7. The molecule has 10 rings (SSSR count). The standard InChI is InChI=1S/C37H60N2O7S.C31H51N3O5S/c1-11-14-34(17-18-34)47(44,45)38-30(43)35(20-24(35)12-2)22-27(40)26-21-37(33(9,10)36(37)15-13-16-36)23-39(26)29(42)25(31(3,4)5)19-28(41)46-32(6,7)8;1-8-11-28(14-15-28)40(38,39)33-25(37)29(16-20(29)9-2)18-22(35)21-17-31(27(6,7)30(31)12-10-13-30)19-34(21)24(36)23(32)26(3,4)5/h24-26H,11-23H2,1-10H3,(H,38,43);20-21,23H,8-19,32H2,1-7H3,(H,33,37)/t24-,25-,26+,35-,37-;20-,21+,23-,29-,31-/m11/s1. The highest BCUT2D eigenvalue weighted by Gasteiger charge is 2.86. The molecule has 4 N–H and O–H groups in total. The molecule has 0 unspecified atom stereocenters. The number of Topliss-reactive ketones (excluding diaryl/α,β-unsaturated/α-hetero) is 2. The molecule has 492 valence electrons. The highest BCUT2D eigenvalue weighted by atomic mass is 32.2. The Kier molecular flexibility index (Phi) is 16.8. The van der Waals surface area contributed by atoms with Gasteiger partial charge in [-0.15, -0.1) is 0 Å². The highest BCUT2D eigenvalue weighted by molar-refractivity contribution is 7.92. The van der Waals surface area contributed by atoms with Crippen molar-refractivity contribution in [3.63, 3.8) is 0 Å². The predicted molar refractivity (Wildman–Crippen MR) is 335 cm³/mol. The quantitative estimate of drug-likeness (QED) is 0.0854. The van der Waals surface area contributed by atoms with Crippen molar-refractivity contribution >= 4 is 61.2 Å². The number of carbonyl (C=O) groups excluding carboxylic acids is 7. The van der Waals surface area contributed by atoms with Crippen LogP contribution in [0.1, 0.15) is 265 Å². The molecule has 10 aliphatic rings. The zero-order valence-corrected chi connectivity index (χ0v) is 58.0. The molecule has 4 amide bonds. The molecule has 17 nitrogen and oxygen atoms in total. The largest absolute Gasteiger partial charge is 0.460 e. The molecule has 2 aliphatic heterocycles. The summed E-state index contributed by atoms with van der Waals surface area (Å²) in [6.07, 6.45) is 14.7. The van der Waals surface area contributed by atoms with Crippen LogP contribution in [0.2, 0.25) is 0 Å². The third-order valence-corrected chi connectivity index (χ3v) is 30.6. The normalized spacial score (nSPS) is 33.5. The van der Waals surface area contributed by atoms with Gasteiger partial charge in [-0.2, -0.15) is 0 Å². The number of rotatable bonds is 22. The van der Waals surface area contributed by atoms with E-state index in [1.165, 1.54) is 6.42 Å². The van der Waals surface area contributed by atoms with Gasteiger partial charge in [0, 0.05) is 36.8 Å². The maximum atomic E-state index is 14.7. The summed E-state index contributed by atoms with van der Waals surface area (Å²) >= 11 is 0. The molecular formula is C68H111N5O12S2. The van der Waals surface area contributed by atoms with Crippen molar-refractivity contribution in [2.45, 2.75) is 299 Å². The van der Waals surface area contributed by atoms with E-state index in [1.807, 2.05) is 69.2 Å². The molecular weight excluding hydrogens is 1140 g/mol. The van der Waals surface area contributed by atoms with Crippen molar-refractivity contribution in [2.24, 2.45) is 77.6 Å². The molecule has 8 saturated carbocycles. The molecule has 0 bridgehead atoms. The monoisotopic (exact) mass is 1250 g/mol. The lowest BCUT2D eigenvalue weighted by Gasteiger charge is -2.36. The Bertz CT molecular complexity index is 3040. The number of hydrogen-bond donors (Lipinski definition) is 3. The first-order valence-corrected chi connectivity index (χ1v) is 36.6. The van der Waals surface area contributed by atoms with E-state index in [0.29, 0.717) is 96.6 Å². The van der Waals surface area contributed by atoms with Gasteiger partial charge < -0.3 is 20.3 Å². The second-order valence-corrected chi connectivity index (χ2v) is 38.3. The van der Waals surface area contributed by atoms with E-state index < -0.39 is 98.6 Å². The number of fused-ring (bicyclic) bond motifs is 2. The minimum absolute atomic E-state index is 0.0314. The average molecular weight is 1250 g/mol. The molecule has 4 spiro atoms. The lowest BCUT2D eigenvalue weighted by Crippen LogP contribution is -2.54. The molecule has 0 aromatic heterocycles. The van der Waals surface area contributed by atoms with Crippen molar-refractivity contribution in [3.8, 4) is 0 Å². The molecule has 19 heteroatoms. The molecule has 87 heavy (non-hydrogen) atoms. The third-order valence-electron chi connectivity index (χ3n) is 26.2. The Hall–Kier alpha value is -3.45. The summed E-state index contributed by atoms with van der Waals surface area (Å²) in [6.45, 7) is 35.0. The molecule has 2 heterocycles. The summed E-state index contributed by atoms with van der Waals surface area (Å²) in [5, 5.41) is 0. The summed E-state index contributed by atoms with van der Waals surface area (Å²) in [6, 6.07) is -2.09. The van der Waals surface area contributed by atoms with Gasteiger partial charge in [0.1, 0.15) is 5.60 Å². The zero-order chi connectivity index (χ0) is 65.0. The van der Waals surface area contributed by atoms with Gasteiger partial charge in [-0.05, 0) is 155 Å². The number of esters is 1. The van der Waals surface area contributed by atoms with Crippen molar-refractivity contribution in [3.05, 3.63) is 0 Å². The third kappa shape index (κ3) is 10.5. The SMILES string of the molecule is CCCC1(S(=O)(=O)NC(=O)[C@@]2(CC(=O)[C@@H]3C[C@@]4(CN3C(=O)[C@@H](CC(=O)OC(C)(C)C)C(C)(C)C)C(C)(C)C43CCC3)C[C@H]2CC)CC1.CCCC1(S(=O)(=O)NC(=O)[C@@]2(CC(=O)[C@@H]3C[C@@]4(CN3C(=O)[C@@H](N)C(C)(C)C)C(C)(C)C43CCC3)C[C@H]2CC)CC1.